The molecule has 0 aliphatic heterocycles. The van der Waals surface area contributed by atoms with Gasteiger partial charge in [-0.2, -0.15) is 0 Å². The van der Waals surface area contributed by atoms with Gasteiger partial charge in [-0.15, -0.1) is 6.58 Å². The second kappa shape index (κ2) is 9.00. The Morgan fingerprint density at radius 3 is 1.87 bits per heavy atom. The van der Waals surface area contributed by atoms with Crippen LogP contribution in [0.1, 0.15) is 66.2 Å². The zero-order valence-corrected chi connectivity index (χ0v) is 11.3. The Kier molecular flexibility index (Phi) is 8.85. The Bertz CT molecular complexity index is 146. The molecule has 90 valence electrons. The second-order valence-corrected chi connectivity index (χ2v) is 5.57. The van der Waals surface area contributed by atoms with Gasteiger partial charge in [0.25, 0.3) is 0 Å². The summed E-state index contributed by atoms with van der Waals surface area (Å²) in [5, 5.41) is 0. The van der Waals surface area contributed by atoms with Crippen LogP contribution in [0.4, 0.5) is 0 Å². The molecule has 0 heterocycles. The summed E-state index contributed by atoms with van der Waals surface area (Å²) in [7, 11) is 0. The van der Waals surface area contributed by atoms with Crippen molar-refractivity contribution in [2.75, 3.05) is 0 Å². The van der Waals surface area contributed by atoms with Crippen molar-refractivity contribution in [2.45, 2.75) is 66.2 Å². The van der Waals surface area contributed by atoms with Crippen molar-refractivity contribution in [2.24, 2.45) is 17.8 Å². The molecule has 0 aromatic heterocycles. The molecule has 0 aliphatic carbocycles. The van der Waals surface area contributed by atoms with Gasteiger partial charge in [0, 0.05) is 0 Å². The first kappa shape index (κ1) is 14.7. The topological polar surface area (TPSA) is 0 Å². The summed E-state index contributed by atoms with van der Waals surface area (Å²) in [5.74, 6) is 2.49. The van der Waals surface area contributed by atoms with Gasteiger partial charge in [0.15, 0.2) is 0 Å². The summed E-state index contributed by atoms with van der Waals surface area (Å²) < 4.78 is 0. The lowest BCUT2D eigenvalue weighted by molar-refractivity contribution is 0.413. The van der Waals surface area contributed by atoms with Crippen LogP contribution in [0.3, 0.4) is 0 Å². The highest BCUT2D eigenvalue weighted by Crippen LogP contribution is 2.19. The highest BCUT2D eigenvalue weighted by Gasteiger charge is 2.04. The molecule has 15 heavy (non-hydrogen) atoms. The van der Waals surface area contributed by atoms with Crippen LogP contribution in [0.2, 0.25) is 0 Å². The summed E-state index contributed by atoms with van der Waals surface area (Å²) in [5.41, 5.74) is 0. The Morgan fingerprint density at radius 1 is 0.867 bits per heavy atom. The van der Waals surface area contributed by atoms with Crippen molar-refractivity contribution in [3.63, 3.8) is 0 Å². The first-order valence-electron chi connectivity index (χ1n) is 6.68. The largest absolute Gasteiger partial charge is 0.103 e. The van der Waals surface area contributed by atoms with Crippen LogP contribution in [0.15, 0.2) is 12.7 Å². The molecular weight excluding hydrogens is 180 g/mol. The van der Waals surface area contributed by atoms with E-state index in [1.54, 1.807) is 0 Å². The normalized spacial score (nSPS) is 15.3. The molecule has 0 rings (SSSR count). The van der Waals surface area contributed by atoms with Gasteiger partial charge in [-0.25, -0.2) is 0 Å². The highest BCUT2D eigenvalue weighted by molar-refractivity contribution is 4.74. The van der Waals surface area contributed by atoms with E-state index < -0.39 is 0 Å². The summed E-state index contributed by atoms with van der Waals surface area (Å²) in [6, 6.07) is 0. The van der Waals surface area contributed by atoms with Crippen molar-refractivity contribution >= 4 is 0 Å². The van der Waals surface area contributed by atoms with Gasteiger partial charge >= 0.3 is 0 Å². The van der Waals surface area contributed by atoms with Crippen LogP contribution in [0, 0.1) is 17.8 Å². The predicted molar refractivity (Wildman–Crippen MR) is 71.1 cm³/mol. The van der Waals surface area contributed by atoms with Gasteiger partial charge in [-0.05, 0) is 24.2 Å². The smallest absolute Gasteiger partial charge is 0.0265 e. The van der Waals surface area contributed by atoms with Crippen LogP contribution < -0.4 is 0 Å². The Hall–Kier alpha value is -0.260. The number of hydrogen-bond acceptors (Lipinski definition) is 0. The van der Waals surface area contributed by atoms with E-state index in [2.05, 4.69) is 40.3 Å². The number of hydrogen-bond donors (Lipinski definition) is 0. The van der Waals surface area contributed by atoms with Crippen molar-refractivity contribution in [3.05, 3.63) is 12.7 Å². The fourth-order valence-electron chi connectivity index (χ4n) is 1.93. The minimum absolute atomic E-state index is 0.702. The van der Waals surface area contributed by atoms with Gasteiger partial charge in [0.1, 0.15) is 0 Å². The summed E-state index contributed by atoms with van der Waals surface area (Å²) in [6.45, 7) is 13.1. The molecule has 0 spiro atoms. The molecule has 2 atom stereocenters. The molecule has 0 aromatic rings. The van der Waals surface area contributed by atoms with E-state index in [0.717, 1.165) is 11.8 Å². The average Bonchev–Trinajstić information content (AvgIpc) is 2.17. The van der Waals surface area contributed by atoms with Crippen molar-refractivity contribution < 1.29 is 0 Å². The van der Waals surface area contributed by atoms with Crippen LogP contribution >= 0.6 is 0 Å². The standard InChI is InChI=1S/C15H30/c1-6-14(4)10-8-12-15(5)11-7-9-13(2)3/h6,13-15H,1,7-12H2,2-5H3/t14?,15-/m1/s1. The third kappa shape index (κ3) is 10.0. The van der Waals surface area contributed by atoms with Crippen LogP contribution in [-0.4, -0.2) is 0 Å². The van der Waals surface area contributed by atoms with Gasteiger partial charge in [0.2, 0.25) is 0 Å². The maximum atomic E-state index is 3.83. The Balaban J connectivity index is 3.33. The molecular formula is C15H30. The van der Waals surface area contributed by atoms with Crippen LogP contribution in [-0.2, 0) is 0 Å². The van der Waals surface area contributed by atoms with E-state index >= 15 is 0 Å². The molecule has 1 unspecified atom stereocenters. The summed E-state index contributed by atoms with van der Waals surface area (Å²) in [4.78, 5) is 0. The third-order valence-electron chi connectivity index (χ3n) is 3.24. The Morgan fingerprint density at radius 2 is 1.40 bits per heavy atom. The van der Waals surface area contributed by atoms with Gasteiger partial charge in [0.05, 0.1) is 0 Å². The van der Waals surface area contributed by atoms with Crippen molar-refractivity contribution in [3.8, 4) is 0 Å². The first-order chi connectivity index (χ1) is 7.06. The minimum atomic E-state index is 0.702. The van der Waals surface area contributed by atoms with E-state index in [4.69, 9.17) is 0 Å². The minimum Gasteiger partial charge on any atom is -0.103 e. The zero-order valence-electron chi connectivity index (χ0n) is 11.3. The first-order valence-corrected chi connectivity index (χ1v) is 6.68. The fraction of sp³-hybridized carbons (Fsp3) is 0.867. The molecule has 0 aromatic carbocycles. The quantitative estimate of drug-likeness (QED) is 0.444. The van der Waals surface area contributed by atoms with Gasteiger partial charge in [-0.1, -0.05) is 65.9 Å². The van der Waals surface area contributed by atoms with E-state index in [-0.39, 0.29) is 0 Å². The van der Waals surface area contributed by atoms with Gasteiger partial charge in [-0.3, -0.25) is 0 Å². The molecule has 0 bridgehead atoms. The summed E-state index contributed by atoms with van der Waals surface area (Å²) in [6.07, 6.45) is 10.4. The maximum Gasteiger partial charge on any atom is -0.0265 e. The molecule has 0 N–H and O–H groups in total. The second-order valence-electron chi connectivity index (χ2n) is 5.57. The van der Waals surface area contributed by atoms with E-state index in [0.29, 0.717) is 5.92 Å². The predicted octanol–water partition coefficient (Wildman–Crippen LogP) is 5.44. The molecule has 0 saturated heterocycles. The Labute approximate surface area is 97.2 Å². The molecule has 0 fully saturated rings. The maximum absolute atomic E-state index is 3.83. The molecule has 0 heteroatoms. The highest BCUT2D eigenvalue weighted by atomic mass is 14.1. The lowest BCUT2D eigenvalue weighted by Crippen LogP contribution is -1.98. The molecule has 0 nitrogen and oxygen atoms in total. The average molecular weight is 210 g/mol. The lowest BCUT2D eigenvalue weighted by atomic mass is 9.93. The monoisotopic (exact) mass is 210 g/mol. The van der Waals surface area contributed by atoms with Crippen LogP contribution in [0.5, 0.6) is 0 Å². The SMILES string of the molecule is C=CC(C)CCC[C@H](C)CCCC(C)C. The van der Waals surface area contributed by atoms with Crippen molar-refractivity contribution in [1.29, 1.82) is 0 Å². The lowest BCUT2D eigenvalue weighted by Gasteiger charge is -2.13. The molecule has 0 aliphatic rings. The van der Waals surface area contributed by atoms with Crippen LogP contribution in [0.25, 0.3) is 0 Å². The third-order valence-corrected chi connectivity index (χ3v) is 3.24. The molecule has 0 amide bonds. The number of allylic oxidation sites excluding steroid dienone is 1. The van der Waals surface area contributed by atoms with E-state index in [9.17, 15) is 0 Å². The fourth-order valence-corrected chi connectivity index (χ4v) is 1.93. The van der Waals surface area contributed by atoms with Gasteiger partial charge < -0.3 is 0 Å². The molecule has 0 radical (unpaired) electrons. The van der Waals surface area contributed by atoms with Crippen molar-refractivity contribution in [1.82, 2.24) is 0 Å². The molecule has 0 saturated carbocycles. The number of rotatable bonds is 9. The summed E-state index contributed by atoms with van der Waals surface area (Å²) >= 11 is 0. The zero-order chi connectivity index (χ0) is 11.7. The van der Waals surface area contributed by atoms with E-state index in [1.165, 1.54) is 38.5 Å². The van der Waals surface area contributed by atoms with E-state index in [1.807, 2.05) is 0 Å².